The minimum atomic E-state index is 0.0705. The van der Waals surface area contributed by atoms with Crippen LogP contribution in [0.25, 0.3) is 0 Å². The lowest BCUT2D eigenvalue weighted by Crippen LogP contribution is -2.22. The Kier molecular flexibility index (Phi) is 16.1. The molecule has 1 saturated heterocycles. The second-order valence-corrected chi connectivity index (χ2v) is 9.22. The molecule has 0 saturated carbocycles. The van der Waals surface area contributed by atoms with Crippen LogP contribution < -0.4 is 0 Å². The molecule has 1 aliphatic heterocycles. The summed E-state index contributed by atoms with van der Waals surface area (Å²) >= 11 is 0. The molecule has 0 radical (unpaired) electrons. The largest absolute Gasteiger partial charge is 0.377 e. The third-order valence-electron chi connectivity index (χ3n) is 6.13. The number of hydrogen-bond acceptors (Lipinski definition) is 3. The van der Waals surface area contributed by atoms with Gasteiger partial charge >= 0.3 is 0 Å². The Hall–Kier alpha value is -1.34. The maximum atomic E-state index is 5.80. The van der Waals surface area contributed by atoms with Crippen molar-refractivity contribution in [2.24, 2.45) is 5.92 Å². The summed E-state index contributed by atoms with van der Waals surface area (Å²) in [5.41, 5.74) is 1.26. The van der Waals surface area contributed by atoms with E-state index in [1.807, 2.05) is 6.07 Å². The van der Waals surface area contributed by atoms with Crippen LogP contribution in [0.5, 0.6) is 0 Å². The fourth-order valence-corrected chi connectivity index (χ4v) is 3.98. The molecule has 0 aliphatic carbocycles. The van der Waals surface area contributed by atoms with Gasteiger partial charge in [-0.3, -0.25) is 0 Å². The van der Waals surface area contributed by atoms with Crippen molar-refractivity contribution in [3.8, 4) is 11.8 Å². The number of ether oxygens (including phenoxy) is 3. The van der Waals surface area contributed by atoms with E-state index < -0.39 is 0 Å². The lowest BCUT2D eigenvalue weighted by atomic mass is 10.0. The summed E-state index contributed by atoms with van der Waals surface area (Å²) in [6.07, 6.45) is 16.9. The SMILES string of the molecule is C[C@H](CCCCC#CCCCCCCCOC1CCCCO1)CCOCc1ccccc1. The summed E-state index contributed by atoms with van der Waals surface area (Å²) in [7, 11) is 0. The van der Waals surface area contributed by atoms with Gasteiger partial charge in [0.1, 0.15) is 0 Å². The minimum absolute atomic E-state index is 0.0705. The van der Waals surface area contributed by atoms with Gasteiger partial charge < -0.3 is 14.2 Å². The van der Waals surface area contributed by atoms with Crippen molar-refractivity contribution in [3.05, 3.63) is 35.9 Å². The minimum Gasteiger partial charge on any atom is -0.377 e. The van der Waals surface area contributed by atoms with Crippen LogP contribution >= 0.6 is 0 Å². The third kappa shape index (κ3) is 14.7. The molecule has 0 spiro atoms. The van der Waals surface area contributed by atoms with Gasteiger partial charge in [0.25, 0.3) is 0 Å². The van der Waals surface area contributed by atoms with E-state index in [2.05, 4.69) is 43.0 Å². The fourth-order valence-electron chi connectivity index (χ4n) is 3.98. The van der Waals surface area contributed by atoms with Gasteiger partial charge in [-0.15, -0.1) is 11.8 Å². The first kappa shape index (κ1) is 26.9. The van der Waals surface area contributed by atoms with Gasteiger partial charge in [0.15, 0.2) is 6.29 Å². The van der Waals surface area contributed by atoms with Gasteiger partial charge in [-0.05, 0) is 56.4 Å². The summed E-state index contributed by atoms with van der Waals surface area (Å²) in [6.45, 7) is 5.65. The van der Waals surface area contributed by atoms with E-state index in [0.717, 1.165) is 64.4 Å². The van der Waals surface area contributed by atoms with Gasteiger partial charge in [-0.25, -0.2) is 0 Å². The van der Waals surface area contributed by atoms with Gasteiger partial charge in [0.05, 0.1) is 6.61 Å². The highest BCUT2D eigenvalue weighted by Gasteiger charge is 2.13. The van der Waals surface area contributed by atoms with E-state index >= 15 is 0 Å². The smallest absolute Gasteiger partial charge is 0.157 e. The monoisotopic (exact) mass is 442 g/mol. The van der Waals surface area contributed by atoms with Crippen LogP contribution in [0.15, 0.2) is 30.3 Å². The second-order valence-electron chi connectivity index (χ2n) is 9.22. The first-order valence-corrected chi connectivity index (χ1v) is 13.1. The first-order chi connectivity index (χ1) is 15.8. The second kappa shape index (κ2) is 19.2. The molecule has 180 valence electrons. The predicted octanol–water partition coefficient (Wildman–Crippen LogP) is 7.68. The van der Waals surface area contributed by atoms with Crippen molar-refractivity contribution in [1.29, 1.82) is 0 Å². The molecule has 2 rings (SSSR count). The van der Waals surface area contributed by atoms with Gasteiger partial charge in [-0.1, -0.05) is 69.4 Å². The van der Waals surface area contributed by atoms with E-state index in [1.165, 1.54) is 63.4 Å². The van der Waals surface area contributed by atoms with E-state index in [1.54, 1.807) is 0 Å². The van der Waals surface area contributed by atoms with Gasteiger partial charge in [0, 0.05) is 32.7 Å². The van der Waals surface area contributed by atoms with Crippen molar-refractivity contribution in [3.63, 3.8) is 0 Å². The molecule has 1 fully saturated rings. The van der Waals surface area contributed by atoms with Crippen LogP contribution in [0.2, 0.25) is 0 Å². The van der Waals surface area contributed by atoms with E-state index in [-0.39, 0.29) is 6.29 Å². The highest BCUT2D eigenvalue weighted by atomic mass is 16.7. The van der Waals surface area contributed by atoms with Crippen molar-refractivity contribution >= 4 is 0 Å². The first-order valence-electron chi connectivity index (χ1n) is 13.1. The molecular weight excluding hydrogens is 396 g/mol. The van der Waals surface area contributed by atoms with Crippen molar-refractivity contribution < 1.29 is 14.2 Å². The summed E-state index contributed by atoms with van der Waals surface area (Å²) in [5.74, 6) is 7.47. The molecule has 0 N–H and O–H groups in total. The van der Waals surface area contributed by atoms with Crippen LogP contribution in [0, 0.1) is 17.8 Å². The molecule has 0 aromatic heterocycles. The van der Waals surface area contributed by atoms with Crippen LogP contribution in [-0.2, 0) is 20.8 Å². The Bertz CT molecular complexity index is 598. The Labute approximate surface area is 197 Å². The maximum absolute atomic E-state index is 5.80. The van der Waals surface area contributed by atoms with Crippen molar-refractivity contribution in [2.45, 2.75) is 110 Å². The van der Waals surface area contributed by atoms with Gasteiger partial charge in [-0.2, -0.15) is 0 Å². The van der Waals surface area contributed by atoms with Gasteiger partial charge in [0.2, 0.25) is 0 Å². The summed E-state index contributed by atoms with van der Waals surface area (Å²) in [5, 5.41) is 0. The molecule has 3 heteroatoms. The molecule has 1 aliphatic rings. The lowest BCUT2D eigenvalue weighted by Gasteiger charge is -2.22. The van der Waals surface area contributed by atoms with E-state index in [4.69, 9.17) is 14.2 Å². The Morgan fingerprint density at radius 3 is 2.41 bits per heavy atom. The molecular formula is C29H46O3. The third-order valence-corrected chi connectivity index (χ3v) is 6.13. The van der Waals surface area contributed by atoms with Crippen LogP contribution in [-0.4, -0.2) is 26.1 Å². The van der Waals surface area contributed by atoms with Crippen molar-refractivity contribution in [2.75, 3.05) is 19.8 Å². The highest BCUT2D eigenvalue weighted by molar-refractivity contribution is 5.13. The highest BCUT2D eigenvalue weighted by Crippen LogP contribution is 2.15. The van der Waals surface area contributed by atoms with Crippen LogP contribution in [0.1, 0.15) is 102 Å². The number of hydrogen-bond donors (Lipinski definition) is 0. The molecule has 1 aromatic carbocycles. The molecule has 0 bridgehead atoms. The zero-order valence-electron chi connectivity index (χ0n) is 20.5. The Morgan fingerprint density at radius 2 is 1.62 bits per heavy atom. The molecule has 1 heterocycles. The molecule has 32 heavy (non-hydrogen) atoms. The quantitative estimate of drug-likeness (QED) is 0.183. The average molecular weight is 443 g/mol. The molecule has 1 unspecified atom stereocenters. The summed E-state index contributed by atoms with van der Waals surface area (Å²) in [4.78, 5) is 0. The number of unbranched alkanes of at least 4 members (excludes halogenated alkanes) is 7. The molecule has 2 atom stereocenters. The van der Waals surface area contributed by atoms with Crippen LogP contribution in [0.3, 0.4) is 0 Å². The van der Waals surface area contributed by atoms with E-state index in [0.29, 0.717) is 0 Å². The number of benzene rings is 1. The predicted molar refractivity (Wildman–Crippen MR) is 133 cm³/mol. The topological polar surface area (TPSA) is 27.7 Å². The number of rotatable bonds is 17. The van der Waals surface area contributed by atoms with Crippen molar-refractivity contribution in [1.82, 2.24) is 0 Å². The summed E-state index contributed by atoms with van der Waals surface area (Å²) < 4.78 is 17.2. The fraction of sp³-hybridized carbons (Fsp3) is 0.724. The molecule has 0 amide bonds. The van der Waals surface area contributed by atoms with E-state index in [9.17, 15) is 0 Å². The maximum Gasteiger partial charge on any atom is 0.157 e. The zero-order valence-corrected chi connectivity index (χ0v) is 20.5. The molecule has 3 nitrogen and oxygen atoms in total. The normalized spacial score (nSPS) is 17.0. The summed E-state index contributed by atoms with van der Waals surface area (Å²) in [6, 6.07) is 10.4. The van der Waals surface area contributed by atoms with Crippen LogP contribution in [0.4, 0.5) is 0 Å². The lowest BCUT2D eigenvalue weighted by molar-refractivity contribution is -0.162. The molecule has 1 aromatic rings. The Morgan fingerprint density at radius 1 is 0.875 bits per heavy atom. The average Bonchev–Trinajstić information content (AvgIpc) is 2.83. The Balaban J connectivity index is 1.29. The standard InChI is InChI=1S/C29H46O3/c1-27(22-25-30-26-28-19-13-11-14-20-28)18-12-9-7-5-3-2-4-6-8-10-16-23-31-29-21-15-17-24-32-29/h11,13-14,19-20,27,29H,2,4,6-10,12,15-18,21-26H2,1H3/t27-,29?/m1/s1. The zero-order chi connectivity index (χ0) is 22.5.